The van der Waals surface area contributed by atoms with Crippen LogP contribution in [0.1, 0.15) is 18.9 Å². The van der Waals surface area contributed by atoms with Crippen molar-refractivity contribution in [2.45, 2.75) is 20.0 Å². The molecule has 2 aromatic rings. The van der Waals surface area contributed by atoms with E-state index in [1.807, 2.05) is 6.92 Å². The predicted molar refractivity (Wildman–Crippen MR) is 128 cm³/mol. The molecule has 1 aliphatic heterocycles. The third kappa shape index (κ3) is 6.45. The number of carbonyl (C=O) groups excluding carboxylic acids is 1. The van der Waals surface area contributed by atoms with E-state index in [1.54, 1.807) is 30.5 Å². The van der Waals surface area contributed by atoms with Crippen molar-refractivity contribution in [2.75, 3.05) is 13.2 Å². The van der Waals surface area contributed by atoms with Crippen molar-refractivity contribution in [3.05, 3.63) is 58.1 Å². The maximum atomic E-state index is 12.6. The van der Waals surface area contributed by atoms with Crippen molar-refractivity contribution in [2.24, 2.45) is 21.9 Å². The Morgan fingerprint density at radius 3 is 2.74 bits per heavy atom. The third-order valence-corrected chi connectivity index (χ3v) is 6.09. The zero-order valence-corrected chi connectivity index (χ0v) is 20.0. The molecule has 0 amide bonds. The molecule has 1 aliphatic rings. The summed E-state index contributed by atoms with van der Waals surface area (Å²) in [6.45, 7) is -1.65. The van der Waals surface area contributed by atoms with Gasteiger partial charge >= 0.3 is 6.61 Å². The fraction of sp³-hybridized carbons (Fsp3) is 0.304. The summed E-state index contributed by atoms with van der Waals surface area (Å²) in [5.74, 6) is -1.47. The second-order valence-electron chi connectivity index (χ2n) is 7.49. The van der Waals surface area contributed by atoms with Crippen LogP contribution in [0.5, 0.6) is 5.75 Å². The number of aliphatic hydroxyl groups excluding tert-OH is 1. The molecule has 12 heteroatoms. The maximum absolute atomic E-state index is 12.6. The molecule has 0 saturated carbocycles. The van der Waals surface area contributed by atoms with E-state index < -0.39 is 25.1 Å². The number of aliphatic hydroxyl groups is 1. The molecule has 0 aliphatic carbocycles. The molecule has 8 nitrogen and oxygen atoms in total. The molecule has 1 unspecified atom stereocenters. The topological polar surface area (TPSA) is 110 Å². The number of hydrogen-bond donors (Lipinski definition) is 2. The van der Waals surface area contributed by atoms with Gasteiger partial charge in [0.25, 0.3) is 0 Å². The molecular formula is C23H21Cl2F2N5O3. The average Bonchev–Trinajstić information content (AvgIpc) is 3.25. The summed E-state index contributed by atoms with van der Waals surface area (Å²) in [7, 11) is 0. The van der Waals surface area contributed by atoms with E-state index >= 15 is 0 Å². The smallest absolute Gasteiger partial charge is 0.387 e. The normalized spacial score (nSPS) is 16.6. The number of halogens is 4. The van der Waals surface area contributed by atoms with Crippen molar-refractivity contribution in [3.63, 3.8) is 0 Å². The van der Waals surface area contributed by atoms with Gasteiger partial charge in [-0.3, -0.25) is 10.1 Å². The quantitative estimate of drug-likeness (QED) is 0.227. The Hall–Kier alpha value is -3.26. The second kappa shape index (κ2) is 11.9. The molecule has 0 radical (unpaired) electrons. The van der Waals surface area contributed by atoms with Gasteiger partial charge in [0.15, 0.2) is 12.0 Å². The highest BCUT2D eigenvalue weighted by atomic mass is 35.5. The Morgan fingerprint density at radius 1 is 1.34 bits per heavy atom. The predicted octanol–water partition coefficient (Wildman–Crippen LogP) is 4.58. The Kier molecular flexibility index (Phi) is 8.98. The van der Waals surface area contributed by atoms with Crippen LogP contribution >= 0.6 is 23.2 Å². The number of hydrogen-bond acceptors (Lipinski definition) is 6. The summed E-state index contributed by atoms with van der Waals surface area (Å²) in [5.41, 5.74) is 1.34. The van der Waals surface area contributed by atoms with Crippen LogP contribution in [0.2, 0.25) is 10.0 Å². The molecule has 3 rings (SSSR count). The van der Waals surface area contributed by atoms with Gasteiger partial charge in [-0.2, -0.15) is 19.1 Å². The zero-order chi connectivity index (χ0) is 25.5. The third-order valence-electron chi connectivity index (χ3n) is 5.35. The van der Waals surface area contributed by atoms with Gasteiger partial charge in [0.2, 0.25) is 5.96 Å². The molecule has 0 bridgehead atoms. The summed E-state index contributed by atoms with van der Waals surface area (Å²) in [5, 5.41) is 27.9. The van der Waals surface area contributed by atoms with Crippen LogP contribution in [-0.4, -0.2) is 47.3 Å². The number of benzene rings is 2. The number of hydrazone groups is 1. The fourth-order valence-corrected chi connectivity index (χ4v) is 4.10. The Bertz CT molecular complexity index is 1190. The van der Waals surface area contributed by atoms with Gasteiger partial charge in [-0.1, -0.05) is 42.3 Å². The van der Waals surface area contributed by atoms with E-state index in [4.69, 9.17) is 23.2 Å². The van der Waals surface area contributed by atoms with Crippen molar-refractivity contribution >= 4 is 46.3 Å². The molecule has 1 heterocycles. The lowest BCUT2D eigenvalue weighted by Gasteiger charge is -2.23. The minimum absolute atomic E-state index is 0.00746. The van der Waals surface area contributed by atoms with Crippen molar-refractivity contribution in [1.82, 2.24) is 10.3 Å². The fourth-order valence-electron chi connectivity index (χ4n) is 3.80. The Labute approximate surface area is 210 Å². The molecule has 2 aromatic carbocycles. The van der Waals surface area contributed by atoms with Crippen LogP contribution in [0, 0.1) is 23.3 Å². The van der Waals surface area contributed by atoms with Gasteiger partial charge in [0, 0.05) is 17.9 Å². The van der Waals surface area contributed by atoms with Crippen LogP contribution in [0.4, 0.5) is 14.5 Å². The van der Waals surface area contributed by atoms with E-state index in [0.29, 0.717) is 27.7 Å². The molecule has 0 saturated heterocycles. The first-order chi connectivity index (χ1) is 16.8. The highest BCUT2D eigenvalue weighted by Crippen LogP contribution is 2.32. The van der Waals surface area contributed by atoms with E-state index in [2.05, 4.69) is 20.1 Å². The first kappa shape index (κ1) is 26.3. The molecular weight excluding hydrogens is 503 g/mol. The first-order valence-electron chi connectivity index (χ1n) is 10.5. The van der Waals surface area contributed by atoms with Crippen LogP contribution in [0.25, 0.3) is 0 Å². The molecule has 184 valence electrons. The lowest BCUT2D eigenvalue weighted by molar-refractivity contribution is -0.126. The molecule has 2 N–H and O–H groups in total. The standard InChI is InChI=1S/C23H21Cl2F2N5O3/c1-2-16(20(34)11-33)17-10-32(31-21(17)13-6-7-18(24)19(25)8-13)23(29-12-28)30-14-4-3-5-15(9-14)35-22(26)27/h3-9,16-17,22,33H,2,10-11H2,1H3,(H,29,30)/t16?,17-/m1/s1. The number of ketones is 1. The maximum Gasteiger partial charge on any atom is 0.387 e. The number of ether oxygens (including phenoxy) is 1. The van der Waals surface area contributed by atoms with Gasteiger partial charge in [-0.05, 0) is 36.2 Å². The van der Waals surface area contributed by atoms with Gasteiger partial charge in [-0.15, -0.1) is 0 Å². The number of nitrogens with one attached hydrogen (secondary N) is 1. The minimum atomic E-state index is -3.00. The zero-order valence-electron chi connectivity index (χ0n) is 18.5. The Balaban J connectivity index is 2.04. The number of alkyl halides is 2. The van der Waals surface area contributed by atoms with Crippen LogP contribution in [0.3, 0.4) is 0 Å². The van der Waals surface area contributed by atoms with Crippen LogP contribution < -0.4 is 10.1 Å². The summed E-state index contributed by atoms with van der Waals surface area (Å²) in [6.07, 6.45) is 2.22. The van der Waals surface area contributed by atoms with Crippen molar-refractivity contribution in [3.8, 4) is 11.9 Å². The van der Waals surface area contributed by atoms with Gasteiger partial charge in [0.05, 0.1) is 28.0 Å². The molecule has 2 atom stereocenters. The highest BCUT2D eigenvalue weighted by Gasteiger charge is 2.38. The van der Waals surface area contributed by atoms with Crippen molar-refractivity contribution in [1.29, 1.82) is 5.26 Å². The summed E-state index contributed by atoms with van der Waals surface area (Å²) in [6, 6.07) is 10.6. The van der Waals surface area contributed by atoms with Crippen molar-refractivity contribution < 1.29 is 23.4 Å². The number of carbonyl (C=O) groups is 1. The van der Waals surface area contributed by atoms with E-state index in [1.165, 1.54) is 23.2 Å². The summed E-state index contributed by atoms with van der Waals surface area (Å²) < 4.78 is 29.6. The van der Waals surface area contributed by atoms with E-state index in [9.17, 15) is 23.9 Å². The highest BCUT2D eigenvalue weighted by molar-refractivity contribution is 6.42. The monoisotopic (exact) mass is 523 g/mol. The number of nitriles is 1. The van der Waals surface area contributed by atoms with E-state index in [0.717, 1.165) is 0 Å². The largest absolute Gasteiger partial charge is 0.435 e. The molecule has 0 aromatic heterocycles. The number of rotatable bonds is 8. The summed E-state index contributed by atoms with van der Waals surface area (Å²) in [4.78, 5) is 16.8. The van der Waals surface area contributed by atoms with Gasteiger partial charge in [0.1, 0.15) is 12.4 Å². The van der Waals surface area contributed by atoms with Crippen LogP contribution in [-0.2, 0) is 4.79 Å². The number of nitrogens with zero attached hydrogens (tertiary/aromatic N) is 4. The average molecular weight is 524 g/mol. The summed E-state index contributed by atoms with van der Waals surface area (Å²) >= 11 is 12.2. The van der Waals surface area contributed by atoms with E-state index in [-0.39, 0.29) is 29.7 Å². The van der Waals surface area contributed by atoms with Crippen LogP contribution in [0.15, 0.2) is 52.6 Å². The van der Waals surface area contributed by atoms with Gasteiger partial charge < -0.3 is 9.84 Å². The lowest BCUT2D eigenvalue weighted by Crippen LogP contribution is -2.38. The number of Topliss-reactive ketones (excluding diaryl/α,β-unsaturated/α-hetero) is 1. The lowest BCUT2D eigenvalue weighted by atomic mass is 9.81. The Morgan fingerprint density at radius 2 is 2.11 bits per heavy atom. The number of aliphatic imine (C=N–C) groups is 1. The first-order valence-corrected chi connectivity index (χ1v) is 11.3. The minimum Gasteiger partial charge on any atom is -0.435 e. The van der Waals surface area contributed by atoms with Gasteiger partial charge in [-0.25, -0.2) is 10.0 Å². The molecule has 0 spiro atoms. The second-order valence-corrected chi connectivity index (χ2v) is 8.30. The number of guanidine groups is 1. The molecule has 35 heavy (non-hydrogen) atoms. The SMILES string of the molecule is CCC(C(=O)CO)[C@H]1CN(C(=Nc2cccc(OC(F)F)c2)NC#N)N=C1c1ccc(Cl)c(Cl)c1. The molecule has 0 fully saturated rings.